The Morgan fingerprint density at radius 2 is 1.70 bits per heavy atom. The average Bonchev–Trinajstić information content (AvgIpc) is 2.67. The lowest BCUT2D eigenvalue weighted by Gasteiger charge is -2.08. The van der Waals surface area contributed by atoms with Gasteiger partial charge < -0.3 is 5.32 Å². The molecule has 3 rings (SSSR count). The first-order valence-electron chi connectivity index (χ1n) is 8.18. The standard InChI is InChI=1S/C19H18N4O3S/c1-14(24)23-16-7-9-18(10-8-16)27(25,26)22-12-17-11-19(21-13-20-17)15-5-3-2-4-6-15/h2-11,13,22H,12H2,1H3,(H,23,24). The Kier molecular flexibility index (Phi) is 5.58. The van der Waals surface area contributed by atoms with Gasteiger partial charge in [0.2, 0.25) is 15.9 Å². The normalized spacial score (nSPS) is 11.1. The molecule has 7 nitrogen and oxygen atoms in total. The van der Waals surface area contributed by atoms with E-state index in [2.05, 4.69) is 20.0 Å². The molecule has 1 amide bonds. The molecule has 2 N–H and O–H groups in total. The minimum absolute atomic E-state index is 0.0398. The van der Waals surface area contributed by atoms with E-state index in [1.165, 1.54) is 37.5 Å². The predicted octanol–water partition coefficient (Wildman–Crippen LogP) is 2.58. The van der Waals surface area contributed by atoms with Gasteiger partial charge in [0.15, 0.2) is 0 Å². The molecule has 2 aromatic carbocycles. The number of benzene rings is 2. The fraction of sp³-hybridized carbons (Fsp3) is 0.105. The number of hydrogen-bond acceptors (Lipinski definition) is 5. The molecular formula is C19H18N4O3S. The van der Waals surface area contributed by atoms with Crippen molar-refractivity contribution in [2.24, 2.45) is 0 Å². The third-order valence-electron chi connectivity index (χ3n) is 3.72. The molecule has 0 fully saturated rings. The lowest BCUT2D eigenvalue weighted by Crippen LogP contribution is -2.23. The van der Waals surface area contributed by atoms with Crippen molar-refractivity contribution in [2.75, 3.05) is 5.32 Å². The van der Waals surface area contributed by atoms with E-state index >= 15 is 0 Å². The van der Waals surface area contributed by atoms with Gasteiger partial charge in [0.05, 0.1) is 22.8 Å². The topological polar surface area (TPSA) is 101 Å². The Labute approximate surface area is 157 Å². The van der Waals surface area contributed by atoms with Crippen LogP contribution in [0.5, 0.6) is 0 Å². The number of amides is 1. The molecule has 1 heterocycles. The molecule has 0 radical (unpaired) electrons. The van der Waals surface area contributed by atoms with Gasteiger partial charge in [-0.3, -0.25) is 4.79 Å². The molecule has 0 aliphatic carbocycles. The Hall–Kier alpha value is -3.10. The summed E-state index contributed by atoms with van der Waals surface area (Å²) in [5.41, 5.74) is 2.74. The van der Waals surface area contributed by atoms with Gasteiger partial charge in [-0.05, 0) is 30.3 Å². The van der Waals surface area contributed by atoms with E-state index < -0.39 is 10.0 Å². The van der Waals surface area contributed by atoms with E-state index in [9.17, 15) is 13.2 Å². The smallest absolute Gasteiger partial charge is 0.240 e. The highest BCUT2D eigenvalue weighted by molar-refractivity contribution is 7.89. The molecule has 1 aromatic heterocycles. The maximum atomic E-state index is 12.5. The summed E-state index contributed by atoms with van der Waals surface area (Å²) < 4.78 is 27.4. The van der Waals surface area contributed by atoms with Crippen LogP contribution in [0.15, 0.2) is 71.9 Å². The predicted molar refractivity (Wildman–Crippen MR) is 102 cm³/mol. The van der Waals surface area contributed by atoms with E-state index in [1.807, 2.05) is 30.3 Å². The Balaban J connectivity index is 1.71. The fourth-order valence-corrected chi connectivity index (χ4v) is 3.43. The van der Waals surface area contributed by atoms with Crippen LogP contribution in [0.4, 0.5) is 5.69 Å². The van der Waals surface area contributed by atoms with Crippen LogP contribution < -0.4 is 10.0 Å². The highest BCUT2D eigenvalue weighted by Crippen LogP contribution is 2.17. The molecule has 0 spiro atoms. The maximum Gasteiger partial charge on any atom is 0.240 e. The van der Waals surface area contributed by atoms with Gasteiger partial charge in [-0.25, -0.2) is 23.1 Å². The number of carbonyl (C=O) groups is 1. The van der Waals surface area contributed by atoms with Crippen molar-refractivity contribution < 1.29 is 13.2 Å². The number of carbonyl (C=O) groups excluding carboxylic acids is 1. The Morgan fingerprint density at radius 3 is 2.37 bits per heavy atom. The van der Waals surface area contributed by atoms with Crippen LogP contribution in [0, 0.1) is 0 Å². The minimum Gasteiger partial charge on any atom is -0.326 e. The molecule has 3 aromatic rings. The maximum absolute atomic E-state index is 12.5. The summed E-state index contributed by atoms with van der Waals surface area (Å²) in [5.74, 6) is -0.221. The fourth-order valence-electron chi connectivity index (χ4n) is 2.43. The highest BCUT2D eigenvalue weighted by Gasteiger charge is 2.14. The van der Waals surface area contributed by atoms with Gasteiger partial charge in [0.1, 0.15) is 6.33 Å². The van der Waals surface area contributed by atoms with Crippen molar-refractivity contribution in [3.05, 3.63) is 72.7 Å². The highest BCUT2D eigenvalue weighted by atomic mass is 32.2. The van der Waals surface area contributed by atoms with Gasteiger partial charge >= 0.3 is 0 Å². The summed E-state index contributed by atoms with van der Waals surface area (Å²) >= 11 is 0. The van der Waals surface area contributed by atoms with E-state index in [0.29, 0.717) is 11.4 Å². The van der Waals surface area contributed by atoms with Crippen LogP contribution >= 0.6 is 0 Å². The molecule has 8 heteroatoms. The summed E-state index contributed by atoms with van der Waals surface area (Å²) in [5, 5.41) is 2.59. The lowest BCUT2D eigenvalue weighted by atomic mass is 10.1. The quantitative estimate of drug-likeness (QED) is 0.682. The van der Waals surface area contributed by atoms with Gasteiger partial charge in [-0.2, -0.15) is 0 Å². The molecule has 0 aliphatic rings. The van der Waals surface area contributed by atoms with Gasteiger partial charge in [0, 0.05) is 18.2 Å². The third-order valence-corrected chi connectivity index (χ3v) is 5.14. The van der Waals surface area contributed by atoms with Crippen LogP contribution in [-0.2, 0) is 21.4 Å². The zero-order chi connectivity index (χ0) is 19.3. The van der Waals surface area contributed by atoms with Gasteiger partial charge in [-0.15, -0.1) is 0 Å². The van der Waals surface area contributed by atoms with Crippen LogP contribution in [0.3, 0.4) is 0 Å². The number of hydrogen-bond donors (Lipinski definition) is 2. The van der Waals surface area contributed by atoms with E-state index in [1.54, 1.807) is 6.07 Å². The van der Waals surface area contributed by atoms with E-state index in [0.717, 1.165) is 11.3 Å². The summed E-state index contributed by atoms with van der Waals surface area (Å²) in [4.78, 5) is 19.5. The second-order valence-electron chi connectivity index (χ2n) is 5.79. The number of anilines is 1. The van der Waals surface area contributed by atoms with Crippen molar-refractivity contribution in [3.63, 3.8) is 0 Å². The first kappa shape index (κ1) is 18.7. The summed E-state index contributed by atoms with van der Waals surface area (Å²) in [6.07, 6.45) is 1.41. The molecule has 0 unspecified atom stereocenters. The van der Waals surface area contributed by atoms with Crippen molar-refractivity contribution in [1.82, 2.24) is 14.7 Å². The Bertz CT molecular complexity index is 1040. The number of sulfonamides is 1. The molecule has 27 heavy (non-hydrogen) atoms. The van der Waals surface area contributed by atoms with Crippen molar-refractivity contribution in [3.8, 4) is 11.3 Å². The second kappa shape index (κ2) is 8.07. The molecule has 0 atom stereocenters. The molecular weight excluding hydrogens is 364 g/mol. The Morgan fingerprint density at radius 1 is 1.00 bits per heavy atom. The van der Waals surface area contributed by atoms with Crippen molar-refractivity contribution >= 4 is 21.6 Å². The summed E-state index contributed by atoms with van der Waals surface area (Å²) in [6, 6.07) is 17.3. The number of nitrogens with zero attached hydrogens (tertiary/aromatic N) is 2. The van der Waals surface area contributed by atoms with Gasteiger partial charge in [0.25, 0.3) is 0 Å². The molecule has 0 aliphatic heterocycles. The largest absolute Gasteiger partial charge is 0.326 e. The lowest BCUT2D eigenvalue weighted by molar-refractivity contribution is -0.114. The van der Waals surface area contributed by atoms with E-state index in [4.69, 9.17) is 0 Å². The van der Waals surface area contributed by atoms with Crippen molar-refractivity contribution in [1.29, 1.82) is 0 Å². The van der Waals surface area contributed by atoms with Crippen LogP contribution in [0.2, 0.25) is 0 Å². The third kappa shape index (κ3) is 4.96. The molecule has 0 saturated carbocycles. The molecule has 138 valence electrons. The first-order valence-corrected chi connectivity index (χ1v) is 9.66. The summed E-state index contributed by atoms with van der Waals surface area (Å²) in [7, 11) is -3.70. The van der Waals surface area contributed by atoms with E-state index in [-0.39, 0.29) is 17.3 Å². The monoisotopic (exact) mass is 382 g/mol. The van der Waals surface area contributed by atoms with Gasteiger partial charge in [-0.1, -0.05) is 30.3 Å². The molecule has 0 bridgehead atoms. The SMILES string of the molecule is CC(=O)Nc1ccc(S(=O)(=O)NCc2cc(-c3ccccc3)ncn2)cc1. The number of aromatic nitrogens is 2. The second-order valence-corrected chi connectivity index (χ2v) is 7.56. The van der Waals surface area contributed by atoms with Crippen LogP contribution in [0.25, 0.3) is 11.3 Å². The zero-order valence-corrected chi connectivity index (χ0v) is 15.4. The first-order chi connectivity index (χ1) is 12.9. The average molecular weight is 382 g/mol. The summed E-state index contributed by atoms with van der Waals surface area (Å²) in [6.45, 7) is 1.43. The van der Waals surface area contributed by atoms with Crippen LogP contribution in [0.1, 0.15) is 12.6 Å². The van der Waals surface area contributed by atoms with Crippen LogP contribution in [-0.4, -0.2) is 24.3 Å². The zero-order valence-electron chi connectivity index (χ0n) is 14.6. The molecule has 0 saturated heterocycles. The minimum atomic E-state index is -3.70. The number of rotatable bonds is 6. The number of nitrogens with one attached hydrogen (secondary N) is 2. The van der Waals surface area contributed by atoms with Crippen molar-refractivity contribution in [2.45, 2.75) is 18.4 Å².